The number of H-pyrrole nitrogens is 1. The number of imidazole rings is 1. The average Bonchev–Trinajstić information content (AvgIpc) is 2.84. The lowest BCUT2D eigenvalue weighted by atomic mass is 10.00. The average molecular weight is 1260 g/mol. The van der Waals surface area contributed by atoms with E-state index in [2.05, 4.69) is 52.2 Å². The van der Waals surface area contributed by atoms with Crippen molar-refractivity contribution in [3.05, 3.63) is 102 Å². The summed E-state index contributed by atoms with van der Waals surface area (Å²) in [7, 11) is 0. The van der Waals surface area contributed by atoms with E-state index in [0.29, 0.717) is 49.0 Å². The molecule has 3 heterocycles. The van der Waals surface area contributed by atoms with Crippen LogP contribution in [0.25, 0.3) is 10.8 Å². The Morgan fingerprint density at radius 1 is 0.626 bits per heavy atom. The molecule has 2 saturated heterocycles. The zero-order valence-electron chi connectivity index (χ0n) is 52.5. The van der Waals surface area contributed by atoms with Crippen LogP contribution in [-0.2, 0) is 67.2 Å². The van der Waals surface area contributed by atoms with E-state index in [0.717, 1.165) is 23.6 Å². The minimum absolute atomic E-state index is 0.0153. The summed E-state index contributed by atoms with van der Waals surface area (Å²) in [6.45, 7) is 8.46. The molecule has 10 atom stereocenters. The van der Waals surface area contributed by atoms with E-state index in [1.54, 1.807) is 50.2 Å². The number of benzene rings is 3. The minimum atomic E-state index is -1.72. The molecule has 9 amide bonds. The summed E-state index contributed by atoms with van der Waals surface area (Å²) >= 11 is 0. The highest BCUT2D eigenvalue weighted by Crippen LogP contribution is 2.24. The molecule has 0 aliphatic carbocycles. The first-order valence-electron chi connectivity index (χ1n) is 31.3. The molecule has 27 heteroatoms. The zero-order chi connectivity index (χ0) is 66.3. The van der Waals surface area contributed by atoms with Crippen molar-refractivity contribution >= 4 is 75.9 Å². The number of aliphatic hydroxyl groups is 1. The van der Waals surface area contributed by atoms with Crippen LogP contribution in [0.1, 0.15) is 116 Å². The second kappa shape index (κ2) is 34.8. The van der Waals surface area contributed by atoms with Gasteiger partial charge in [-0.2, -0.15) is 0 Å². The number of nitrogens with two attached hydrogens (primary N) is 3. The van der Waals surface area contributed by atoms with Gasteiger partial charge in [0.15, 0.2) is 5.96 Å². The number of aliphatic hydroxyl groups excluding tert-OH is 1. The summed E-state index contributed by atoms with van der Waals surface area (Å²) in [5.41, 5.74) is 19.1. The first kappa shape index (κ1) is 71.1. The molecule has 0 unspecified atom stereocenters. The molecule has 0 spiro atoms. The number of likely N-dealkylation sites (tertiary alicyclic amines) is 2. The number of carboxylic acid groups (broad SMARTS) is 1. The fourth-order valence-corrected chi connectivity index (χ4v) is 11.3. The summed E-state index contributed by atoms with van der Waals surface area (Å²) in [6, 6.07) is 9.44. The standard InChI is InChI=1S/C64H91N15O12/c1-6-7-20-44(65)61(88)78-27-14-22-51(78)59(86)73-46(29-37(2)3)55(82)72-48(33-43-34-68-36-70-43)57(84)76-50(35-80)58(85)71-45(21-13-26-69-64(66)67)54(81)77-53(38(4)5)62(89)79-28-15-23-52(79)60(87)74-47(31-39-16-9-8-10-17-39)56(83)75-49(63(90)91)32-40-24-25-41-18-11-12-19-42(41)30-40/h8-12,16-19,24-25,30,34,36-38,44-53,80H,6-7,13-15,20-23,26-29,31-33,35,65H2,1-5H3,(H,68,70)(H,71,85)(H,72,82)(H,73,86)(H,74,87)(H,75,83)(H,76,84)(H,77,81)(H,90,91)(H4,66,67,69)/t44-,45-,46-,47-,48-,49-,50-,51-,52-,53-/m0/s1. The molecule has 2 fully saturated rings. The number of guanidine groups is 1. The van der Waals surface area contributed by atoms with Gasteiger partial charge in [0.2, 0.25) is 53.2 Å². The van der Waals surface area contributed by atoms with Crippen molar-refractivity contribution in [1.29, 1.82) is 0 Å². The van der Waals surface area contributed by atoms with Crippen LogP contribution in [0.3, 0.4) is 0 Å². The third kappa shape index (κ3) is 21.1. The maximum atomic E-state index is 14.7. The second-order valence-corrected chi connectivity index (χ2v) is 24.2. The molecule has 91 heavy (non-hydrogen) atoms. The molecule has 1 aromatic heterocycles. The van der Waals surface area contributed by atoms with Gasteiger partial charge >= 0.3 is 5.97 Å². The van der Waals surface area contributed by atoms with Crippen molar-refractivity contribution in [2.24, 2.45) is 34.0 Å². The van der Waals surface area contributed by atoms with Gasteiger partial charge in [-0.3, -0.25) is 48.1 Å². The fourth-order valence-electron chi connectivity index (χ4n) is 11.3. The number of nitrogens with zero attached hydrogens (tertiary/aromatic N) is 4. The molecule has 2 aliphatic heterocycles. The predicted molar refractivity (Wildman–Crippen MR) is 340 cm³/mol. The Kier molecular flexibility index (Phi) is 27.2. The molecular formula is C64H91N15O12. The number of fused-ring (bicyclic) bond motifs is 1. The lowest BCUT2D eigenvalue weighted by Crippen LogP contribution is -2.61. The van der Waals surface area contributed by atoms with Gasteiger partial charge in [-0.05, 0) is 85.1 Å². The molecule has 494 valence electrons. The van der Waals surface area contributed by atoms with Gasteiger partial charge in [0, 0.05) is 50.8 Å². The first-order valence-corrected chi connectivity index (χ1v) is 31.3. The van der Waals surface area contributed by atoms with Crippen molar-refractivity contribution in [3.8, 4) is 0 Å². The van der Waals surface area contributed by atoms with Gasteiger partial charge in [-0.25, -0.2) is 9.78 Å². The van der Waals surface area contributed by atoms with Crippen LogP contribution in [0.5, 0.6) is 0 Å². The number of rotatable bonds is 34. The molecule has 27 nitrogen and oxygen atoms in total. The Morgan fingerprint density at radius 3 is 1.77 bits per heavy atom. The van der Waals surface area contributed by atoms with Gasteiger partial charge in [0.1, 0.15) is 54.4 Å². The number of unbranched alkanes of at least 4 members (excludes halogenated alkanes) is 1. The van der Waals surface area contributed by atoms with Crippen molar-refractivity contribution < 1.29 is 58.2 Å². The molecule has 16 N–H and O–H groups in total. The summed E-state index contributed by atoms with van der Waals surface area (Å²) < 4.78 is 0. The molecule has 0 bridgehead atoms. The van der Waals surface area contributed by atoms with E-state index in [9.17, 15) is 58.2 Å². The number of carbonyl (C=O) groups is 10. The van der Waals surface area contributed by atoms with Crippen LogP contribution in [0.15, 0.2) is 90.3 Å². The number of aromatic nitrogens is 2. The summed E-state index contributed by atoms with van der Waals surface area (Å²) in [5.74, 6) is -8.81. The molecular weight excluding hydrogens is 1170 g/mol. The summed E-state index contributed by atoms with van der Waals surface area (Å²) in [5, 5.41) is 41.6. The third-order valence-corrected chi connectivity index (χ3v) is 16.2. The second-order valence-electron chi connectivity index (χ2n) is 24.2. The quantitative estimate of drug-likeness (QED) is 0.0170. The Bertz CT molecular complexity index is 3160. The predicted octanol–water partition coefficient (Wildman–Crippen LogP) is 0.316. The SMILES string of the molecule is CCCC[C@H](N)C(=O)N1CCC[C@H]1C(=O)N[C@@H](CC(C)C)C(=O)N[C@@H](Cc1cnc[nH]1)C(=O)N[C@@H](CO)C(=O)N[C@@H](CCCN=C(N)N)C(=O)N[C@H](C(=O)N1CCC[C@H]1C(=O)N[C@@H](Cc1ccccc1)C(=O)N[C@@H](Cc1ccc2ccccc2c1)C(=O)O)C(C)C. The number of aliphatic imine (C=N–C) groups is 1. The number of amides is 9. The van der Waals surface area contributed by atoms with Crippen molar-refractivity contribution in [2.45, 2.75) is 179 Å². The van der Waals surface area contributed by atoms with E-state index in [1.807, 2.05) is 57.2 Å². The Balaban J connectivity index is 1.15. The molecule has 4 aromatic rings. The van der Waals surface area contributed by atoms with E-state index in [1.165, 1.54) is 22.3 Å². The molecule has 0 radical (unpaired) electrons. The lowest BCUT2D eigenvalue weighted by molar-refractivity contribution is -0.144. The van der Waals surface area contributed by atoms with Gasteiger partial charge in [-0.1, -0.05) is 120 Å². The Hall–Kier alpha value is -8.98. The van der Waals surface area contributed by atoms with Crippen LogP contribution < -0.4 is 54.4 Å². The zero-order valence-corrected chi connectivity index (χ0v) is 52.5. The van der Waals surface area contributed by atoms with Crippen LogP contribution in [0.2, 0.25) is 0 Å². The maximum Gasteiger partial charge on any atom is 0.326 e. The smallest absolute Gasteiger partial charge is 0.326 e. The highest BCUT2D eigenvalue weighted by molar-refractivity contribution is 5.99. The third-order valence-electron chi connectivity index (χ3n) is 16.2. The number of aromatic amines is 1. The summed E-state index contributed by atoms with van der Waals surface area (Å²) in [6.07, 6.45) is 6.16. The normalized spacial score (nSPS) is 17.3. The Labute approximate surface area is 530 Å². The highest BCUT2D eigenvalue weighted by Gasteiger charge is 2.42. The van der Waals surface area contributed by atoms with Crippen LogP contribution >= 0.6 is 0 Å². The molecule has 0 saturated carbocycles. The number of nitrogens with one attached hydrogen (secondary N) is 8. The van der Waals surface area contributed by atoms with Crippen molar-refractivity contribution in [2.75, 3.05) is 26.2 Å². The summed E-state index contributed by atoms with van der Waals surface area (Å²) in [4.78, 5) is 154. The topological polar surface area (TPSA) is 421 Å². The van der Waals surface area contributed by atoms with Crippen LogP contribution in [-0.4, -0.2) is 182 Å². The lowest BCUT2D eigenvalue weighted by Gasteiger charge is -2.32. The van der Waals surface area contributed by atoms with E-state index >= 15 is 0 Å². The van der Waals surface area contributed by atoms with E-state index in [4.69, 9.17) is 17.2 Å². The van der Waals surface area contributed by atoms with Gasteiger partial charge in [0.25, 0.3) is 0 Å². The number of carboxylic acids is 1. The van der Waals surface area contributed by atoms with Gasteiger partial charge in [-0.15, -0.1) is 0 Å². The number of hydrogen-bond acceptors (Lipinski definition) is 14. The number of hydrogen-bond donors (Lipinski definition) is 13. The van der Waals surface area contributed by atoms with Gasteiger partial charge < -0.3 is 79.4 Å². The van der Waals surface area contributed by atoms with Crippen molar-refractivity contribution in [1.82, 2.24) is 57.0 Å². The maximum absolute atomic E-state index is 14.7. The number of aliphatic carboxylic acids is 1. The number of carbonyl (C=O) groups excluding carboxylic acids is 9. The van der Waals surface area contributed by atoms with Crippen molar-refractivity contribution in [3.63, 3.8) is 0 Å². The minimum Gasteiger partial charge on any atom is -0.480 e. The van der Waals surface area contributed by atoms with E-state index in [-0.39, 0.29) is 75.8 Å². The van der Waals surface area contributed by atoms with Gasteiger partial charge in [0.05, 0.1) is 19.0 Å². The fraction of sp³-hybridized carbons (Fsp3) is 0.531. The molecule has 3 aromatic carbocycles. The largest absolute Gasteiger partial charge is 0.480 e. The molecule has 6 rings (SSSR count). The monoisotopic (exact) mass is 1260 g/mol. The highest BCUT2D eigenvalue weighted by atomic mass is 16.4. The van der Waals surface area contributed by atoms with Crippen LogP contribution in [0, 0.1) is 11.8 Å². The van der Waals surface area contributed by atoms with Crippen LogP contribution in [0.4, 0.5) is 0 Å². The first-order chi connectivity index (χ1) is 43.5. The molecule has 2 aliphatic rings. The van der Waals surface area contributed by atoms with E-state index < -0.39 is 126 Å². The Morgan fingerprint density at radius 2 is 1.18 bits per heavy atom.